The Hall–Kier alpha value is -1.34. The minimum atomic E-state index is -1.30. The van der Waals surface area contributed by atoms with Crippen LogP contribution >= 0.6 is 11.6 Å². The summed E-state index contributed by atoms with van der Waals surface area (Å²) in [6.45, 7) is 1.61. The van der Waals surface area contributed by atoms with Crippen molar-refractivity contribution in [1.82, 2.24) is 4.90 Å². The Bertz CT molecular complexity index is 556. The molecule has 0 aliphatic carbocycles. The molecule has 2 rings (SSSR count). The number of carboxylic acid groups (broad SMARTS) is 1. The zero-order valence-electron chi connectivity index (χ0n) is 13.8. The van der Waals surface area contributed by atoms with Crippen LogP contribution in [-0.2, 0) is 15.1 Å². The second kappa shape index (κ2) is 8.67. The normalized spacial score (nSPS) is 20.6. The molecule has 2 N–H and O–H groups in total. The zero-order valence-corrected chi connectivity index (χ0v) is 14.5. The lowest BCUT2D eigenvalue weighted by molar-refractivity contribution is -0.109. The van der Waals surface area contributed by atoms with Gasteiger partial charge in [0.2, 0.25) is 0 Å². The average Bonchev–Trinajstić information content (AvgIpc) is 2.58. The van der Waals surface area contributed by atoms with Crippen molar-refractivity contribution in [3.63, 3.8) is 0 Å². The van der Waals surface area contributed by atoms with Crippen molar-refractivity contribution in [2.75, 3.05) is 40.0 Å². The number of hydrogen-bond acceptors (Lipinski definition) is 4. The summed E-state index contributed by atoms with van der Waals surface area (Å²) in [7, 11) is 1.58. The molecule has 1 aliphatic rings. The molecule has 2 unspecified atom stereocenters. The third kappa shape index (κ3) is 4.60. The van der Waals surface area contributed by atoms with Crippen molar-refractivity contribution >= 4 is 17.7 Å². The van der Waals surface area contributed by atoms with E-state index in [2.05, 4.69) is 0 Å². The zero-order chi connectivity index (χ0) is 17.6. The summed E-state index contributed by atoms with van der Waals surface area (Å²) in [5.41, 5.74) is -0.656. The maximum Gasteiger partial charge on any atom is 0.407 e. The third-order valence-corrected chi connectivity index (χ3v) is 4.68. The number of nitrogens with zero attached hydrogens (tertiary/aromatic N) is 1. The molecule has 1 aromatic rings. The van der Waals surface area contributed by atoms with Crippen molar-refractivity contribution in [3.05, 3.63) is 34.9 Å². The van der Waals surface area contributed by atoms with Crippen LogP contribution in [-0.4, -0.2) is 61.2 Å². The summed E-state index contributed by atoms with van der Waals surface area (Å²) in [6.07, 6.45) is 0.465. The van der Waals surface area contributed by atoms with Gasteiger partial charge < -0.3 is 24.6 Å². The van der Waals surface area contributed by atoms with Gasteiger partial charge in [-0.2, -0.15) is 0 Å². The first-order valence-electron chi connectivity index (χ1n) is 8.00. The van der Waals surface area contributed by atoms with Gasteiger partial charge in [-0.3, -0.25) is 0 Å². The molecule has 2 atom stereocenters. The van der Waals surface area contributed by atoms with Crippen LogP contribution in [0.2, 0.25) is 5.02 Å². The van der Waals surface area contributed by atoms with E-state index in [9.17, 15) is 15.0 Å². The minimum absolute atomic E-state index is 0.0643. The van der Waals surface area contributed by atoms with Gasteiger partial charge in [0.05, 0.1) is 19.8 Å². The summed E-state index contributed by atoms with van der Waals surface area (Å²) in [4.78, 5) is 12.6. The first-order chi connectivity index (χ1) is 11.5. The second-order valence-electron chi connectivity index (χ2n) is 6.05. The molecule has 1 amide bonds. The molecule has 6 nitrogen and oxygen atoms in total. The van der Waals surface area contributed by atoms with E-state index in [-0.39, 0.29) is 19.1 Å². The molecule has 0 radical (unpaired) electrons. The molecule has 0 aromatic heterocycles. The van der Waals surface area contributed by atoms with Crippen molar-refractivity contribution < 1.29 is 24.5 Å². The number of hydrogen-bond donors (Lipinski definition) is 2. The maximum atomic E-state index is 11.4. The van der Waals surface area contributed by atoms with E-state index in [1.54, 1.807) is 31.4 Å². The van der Waals surface area contributed by atoms with Crippen LogP contribution in [0.4, 0.5) is 4.79 Å². The van der Waals surface area contributed by atoms with E-state index in [0.29, 0.717) is 36.8 Å². The van der Waals surface area contributed by atoms with Crippen LogP contribution in [0, 0.1) is 5.92 Å². The first-order valence-corrected chi connectivity index (χ1v) is 8.38. The van der Waals surface area contributed by atoms with Gasteiger partial charge in [-0.25, -0.2) is 4.79 Å². The Kier molecular flexibility index (Phi) is 6.86. The smallest absolute Gasteiger partial charge is 0.407 e. The fourth-order valence-electron chi connectivity index (χ4n) is 3.11. The van der Waals surface area contributed by atoms with Crippen molar-refractivity contribution in [1.29, 1.82) is 0 Å². The van der Waals surface area contributed by atoms with Gasteiger partial charge in [-0.05, 0) is 30.5 Å². The van der Waals surface area contributed by atoms with Gasteiger partial charge in [0.1, 0.15) is 5.60 Å². The van der Waals surface area contributed by atoms with E-state index in [1.165, 1.54) is 4.90 Å². The molecule has 24 heavy (non-hydrogen) atoms. The van der Waals surface area contributed by atoms with E-state index < -0.39 is 11.7 Å². The number of likely N-dealkylation sites (tertiary alicyclic amines) is 1. The number of amides is 1. The van der Waals surface area contributed by atoms with Gasteiger partial charge >= 0.3 is 6.09 Å². The Labute approximate surface area is 146 Å². The standard InChI is InChI=1S/C17H24ClNO5/c1-23-8-9-24-12-17(22,13-4-2-6-15(18)10-13)14-5-3-7-19(11-14)16(20)21/h2,4,6,10,14,22H,3,5,7-9,11-12H2,1H3,(H,20,21). The quantitative estimate of drug-likeness (QED) is 0.733. The van der Waals surface area contributed by atoms with Gasteiger partial charge in [0, 0.05) is 31.1 Å². The predicted molar refractivity (Wildman–Crippen MR) is 90.4 cm³/mol. The summed E-state index contributed by atoms with van der Waals surface area (Å²) in [5, 5.41) is 21.2. The number of ether oxygens (including phenoxy) is 2. The van der Waals surface area contributed by atoms with Crippen LogP contribution in [0.25, 0.3) is 0 Å². The Balaban J connectivity index is 2.22. The molecule has 1 heterocycles. The van der Waals surface area contributed by atoms with E-state index in [1.807, 2.05) is 0 Å². The highest BCUT2D eigenvalue weighted by Crippen LogP contribution is 2.37. The summed E-state index contributed by atoms with van der Waals surface area (Å²) in [5.74, 6) is -0.261. The number of aliphatic hydroxyl groups is 1. The van der Waals surface area contributed by atoms with Gasteiger partial charge in [-0.1, -0.05) is 23.7 Å². The molecule has 7 heteroatoms. The fourth-order valence-corrected chi connectivity index (χ4v) is 3.30. The molecule has 1 saturated heterocycles. The van der Waals surface area contributed by atoms with E-state index in [4.69, 9.17) is 21.1 Å². The lowest BCUT2D eigenvalue weighted by Gasteiger charge is -2.41. The monoisotopic (exact) mass is 357 g/mol. The largest absolute Gasteiger partial charge is 0.465 e. The highest BCUT2D eigenvalue weighted by molar-refractivity contribution is 6.30. The average molecular weight is 358 g/mol. The van der Waals surface area contributed by atoms with Crippen LogP contribution in [0.15, 0.2) is 24.3 Å². The minimum Gasteiger partial charge on any atom is -0.465 e. The maximum absolute atomic E-state index is 11.4. The van der Waals surface area contributed by atoms with Crippen molar-refractivity contribution in [3.8, 4) is 0 Å². The number of benzene rings is 1. The van der Waals surface area contributed by atoms with Crippen LogP contribution in [0.3, 0.4) is 0 Å². The van der Waals surface area contributed by atoms with E-state index >= 15 is 0 Å². The molecule has 0 bridgehead atoms. The highest BCUT2D eigenvalue weighted by atomic mass is 35.5. The van der Waals surface area contributed by atoms with Crippen LogP contribution in [0.5, 0.6) is 0 Å². The summed E-state index contributed by atoms with van der Waals surface area (Å²) in [6, 6.07) is 7.02. The highest BCUT2D eigenvalue weighted by Gasteiger charge is 2.42. The molecule has 1 aromatic carbocycles. The van der Waals surface area contributed by atoms with Crippen molar-refractivity contribution in [2.24, 2.45) is 5.92 Å². The molecule has 134 valence electrons. The molecular weight excluding hydrogens is 334 g/mol. The van der Waals surface area contributed by atoms with Gasteiger partial charge in [0.15, 0.2) is 0 Å². The topological polar surface area (TPSA) is 79.2 Å². The van der Waals surface area contributed by atoms with Crippen LogP contribution < -0.4 is 0 Å². The summed E-state index contributed by atoms with van der Waals surface area (Å²) >= 11 is 6.08. The number of methoxy groups -OCH3 is 1. The number of rotatable bonds is 7. The Morgan fingerprint density at radius 2 is 2.25 bits per heavy atom. The second-order valence-corrected chi connectivity index (χ2v) is 6.48. The predicted octanol–water partition coefficient (Wildman–Crippen LogP) is 2.58. The van der Waals surface area contributed by atoms with Gasteiger partial charge in [-0.15, -0.1) is 0 Å². The molecule has 1 aliphatic heterocycles. The molecule has 0 saturated carbocycles. The van der Waals surface area contributed by atoms with Crippen molar-refractivity contribution in [2.45, 2.75) is 18.4 Å². The lowest BCUT2D eigenvalue weighted by atomic mass is 9.77. The SMILES string of the molecule is COCCOCC(O)(c1cccc(Cl)c1)C1CCCN(C(=O)O)C1. The lowest BCUT2D eigenvalue weighted by Crippen LogP contribution is -2.50. The molecule has 1 fully saturated rings. The first kappa shape index (κ1) is 19.0. The Morgan fingerprint density at radius 1 is 1.46 bits per heavy atom. The van der Waals surface area contributed by atoms with E-state index in [0.717, 1.165) is 6.42 Å². The third-order valence-electron chi connectivity index (χ3n) is 4.45. The number of halogens is 1. The van der Waals surface area contributed by atoms with Gasteiger partial charge in [0.25, 0.3) is 0 Å². The van der Waals surface area contributed by atoms with Crippen LogP contribution in [0.1, 0.15) is 18.4 Å². The molecular formula is C17H24ClNO5. The fraction of sp³-hybridized carbons (Fsp3) is 0.588. The molecule has 0 spiro atoms. The Morgan fingerprint density at radius 3 is 2.92 bits per heavy atom. The number of piperidine rings is 1. The summed E-state index contributed by atoms with van der Waals surface area (Å²) < 4.78 is 10.6. The number of carbonyl (C=O) groups is 1.